The molecular formula is C25H44O4. The summed E-state index contributed by atoms with van der Waals surface area (Å²) in [6.07, 6.45) is 11.2. The number of hydrogen-bond donors (Lipinski definition) is 1. The normalized spacial score (nSPS) is 28.5. The zero-order chi connectivity index (χ0) is 21.6. The van der Waals surface area contributed by atoms with Gasteiger partial charge in [0.15, 0.2) is 0 Å². The van der Waals surface area contributed by atoms with Gasteiger partial charge in [-0.2, -0.15) is 0 Å². The van der Waals surface area contributed by atoms with Crippen LogP contribution in [0.25, 0.3) is 0 Å². The van der Waals surface area contributed by atoms with Crippen LogP contribution in [-0.4, -0.2) is 23.1 Å². The topological polar surface area (TPSA) is 63.6 Å². The fourth-order valence-corrected chi connectivity index (χ4v) is 5.67. The van der Waals surface area contributed by atoms with Crippen LogP contribution in [-0.2, 0) is 14.3 Å². The van der Waals surface area contributed by atoms with Crippen molar-refractivity contribution in [2.24, 2.45) is 35.0 Å². The molecular weight excluding hydrogens is 364 g/mol. The van der Waals surface area contributed by atoms with Crippen molar-refractivity contribution in [2.75, 3.05) is 0 Å². The van der Waals surface area contributed by atoms with E-state index in [1.165, 1.54) is 25.7 Å². The SMILES string of the molecule is CC1CCC(C(=O)OC(CCC(C)CC(C)(C)C)C2CCCCC2)C(C(=O)O)C1. The van der Waals surface area contributed by atoms with Gasteiger partial charge in [0, 0.05) is 0 Å². The Morgan fingerprint density at radius 2 is 1.66 bits per heavy atom. The van der Waals surface area contributed by atoms with Crippen LogP contribution in [0.3, 0.4) is 0 Å². The van der Waals surface area contributed by atoms with E-state index in [0.717, 1.165) is 32.1 Å². The minimum atomic E-state index is -0.841. The zero-order valence-corrected chi connectivity index (χ0v) is 19.4. The van der Waals surface area contributed by atoms with Crippen molar-refractivity contribution in [3.05, 3.63) is 0 Å². The van der Waals surface area contributed by atoms with Crippen molar-refractivity contribution >= 4 is 11.9 Å². The number of carboxylic acid groups (broad SMARTS) is 1. The molecule has 168 valence electrons. The largest absolute Gasteiger partial charge is 0.481 e. The van der Waals surface area contributed by atoms with Crippen LogP contribution in [0.2, 0.25) is 0 Å². The lowest BCUT2D eigenvalue weighted by Gasteiger charge is -2.35. The highest BCUT2D eigenvalue weighted by atomic mass is 16.5. The fourth-order valence-electron chi connectivity index (χ4n) is 5.67. The molecule has 2 fully saturated rings. The number of carboxylic acids is 1. The van der Waals surface area contributed by atoms with E-state index < -0.39 is 17.8 Å². The predicted octanol–water partition coefficient (Wildman–Crippen LogP) is 6.47. The molecule has 0 bridgehead atoms. The number of carbonyl (C=O) groups is 2. The molecule has 4 heteroatoms. The van der Waals surface area contributed by atoms with Crippen LogP contribution in [0.15, 0.2) is 0 Å². The number of rotatable bonds is 8. The molecule has 0 saturated heterocycles. The molecule has 5 unspecified atom stereocenters. The summed E-state index contributed by atoms with van der Waals surface area (Å²) in [6, 6.07) is 0. The van der Waals surface area contributed by atoms with Gasteiger partial charge in [-0.1, -0.05) is 53.9 Å². The maximum atomic E-state index is 13.1. The minimum absolute atomic E-state index is 0.0426. The summed E-state index contributed by atoms with van der Waals surface area (Å²) in [6.45, 7) is 11.2. The van der Waals surface area contributed by atoms with Crippen molar-refractivity contribution < 1.29 is 19.4 Å². The van der Waals surface area contributed by atoms with E-state index in [1.807, 2.05) is 0 Å². The lowest BCUT2D eigenvalue weighted by Crippen LogP contribution is -2.39. The fraction of sp³-hybridized carbons (Fsp3) is 0.920. The van der Waals surface area contributed by atoms with Crippen LogP contribution >= 0.6 is 0 Å². The molecule has 0 aromatic heterocycles. The second kappa shape index (κ2) is 10.8. The van der Waals surface area contributed by atoms with Gasteiger partial charge in [0.1, 0.15) is 6.10 Å². The molecule has 0 aliphatic heterocycles. The molecule has 0 aromatic carbocycles. The molecule has 5 atom stereocenters. The summed E-state index contributed by atoms with van der Waals surface area (Å²) in [5, 5.41) is 9.63. The lowest BCUT2D eigenvalue weighted by atomic mass is 9.74. The highest BCUT2D eigenvalue weighted by Gasteiger charge is 2.40. The van der Waals surface area contributed by atoms with E-state index in [4.69, 9.17) is 4.74 Å². The summed E-state index contributed by atoms with van der Waals surface area (Å²) in [5.74, 6) is -0.732. The Hall–Kier alpha value is -1.06. The summed E-state index contributed by atoms with van der Waals surface area (Å²) in [4.78, 5) is 24.8. The molecule has 2 saturated carbocycles. The first-order valence-electron chi connectivity index (χ1n) is 12.0. The van der Waals surface area contributed by atoms with Gasteiger partial charge in [0.25, 0.3) is 0 Å². The maximum Gasteiger partial charge on any atom is 0.310 e. The average molecular weight is 409 g/mol. The molecule has 0 spiro atoms. The Morgan fingerprint density at radius 3 is 2.24 bits per heavy atom. The first-order valence-corrected chi connectivity index (χ1v) is 12.0. The highest BCUT2D eigenvalue weighted by Crippen LogP contribution is 2.37. The van der Waals surface area contributed by atoms with E-state index in [9.17, 15) is 14.7 Å². The van der Waals surface area contributed by atoms with Crippen LogP contribution in [0.4, 0.5) is 0 Å². The molecule has 29 heavy (non-hydrogen) atoms. The summed E-state index contributed by atoms with van der Waals surface area (Å²) < 4.78 is 6.12. The van der Waals surface area contributed by atoms with Crippen molar-refractivity contribution in [1.82, 2.24) is 0 Å². The first-order chi connectivity index (χ1) is 13.6. The molecule has 1 N–H and O–H groups in total. The standard InChI is InChI=1S/C25H44O4/c1-17-11-13-20(21(15-17)23(26)27)24(28)29-22(19-9-7-6-8-10-19)14-12-18(2)16-25(3,4)5/h17-22H,6-16H2,1-5H3,(H,26,27). The number of esters is 1. The van der Waals surface area contributed by atoms with Gasteiger partial charge in [0.2, 0.25) is 0 Å². The molecule has 2 aliphatic carbocycles. The average Bonchev–Trinajstić information content (AvgIpc) is 2.64. The smallest absolute Gasteiger partial charge is 0.310 e. The van der Waals surface area contributed by atoms with Gasteiger partial charge >= 0.3 is 11.9 Å². The molecule has 4 nitrogen and oxygen atoms in total. The van der Waals surface area contributed by atoms with Crippen molar-refractivity contribution in [1.29, 1.82) is 0 Å². The van der Waals surface area contributed by atoms with E-state index in [1.54, 1.807) is 0 Å². The number of aliphatic carboxylic acids is 1. The molecule has 0 heterocycles. The minimum Gasteiger partial charge on any atom is -0.481 e. The Morgan fingerprint density at radius 1 is 1.00 bits per heavy atom. The third-order valence-corrected chi connectivity index (χ3v) is 7.08. The Labute approximate surface area is 178 Å². The van der Waals surface area contributed by atoms with Crippen LogP contribution < -0.4 is 0 Å². The highest BCUT2D eigenvalue weighted by molar-refractivity contribution is 5.81. The van der Waals surface area contributed by atoms with Crippen molar-refractivity contribution in [3.8, 4) is 0 Å². The number of hydrogen-bond acceptors (Lipinski definition) is 3. The van der Waals surface area contributed by atoms with Crippen LogP contribution in [0.5, 0.6) is 0 Å². The van der Waals surface area contributed by atoms with E-state index >= 15 is 0 Å². The Bertz CT molecular complexity index is 529. The molecule has 0 aromatic rings. The van der Waals surface area contributed by atoms with E-state index in [-0.39, 0.29) is 12.1 Å². The third kappa shape index (κ3) is 7.94. The summed E-state index contributed by atoms with van der Waals surface area (Å²) in [7, 11) is 0. The summed E-state index contributed by atoms with van der Waals surface area (Å²) >= 11 is 0. The Kier molecular flexibility index (Phi) is 9.03. The van der Waals surface area contributed by atoms with Crippen molar-refractivity contribution in [3.63, 3.8) is 0 Å². The van der Waals surface area contributed by atoms with Gasteiger partial charge in [-0.05, 0) is 74.5 Å². The van der Waals surface area contributed by atoms with Gasteiger partial charge in [0.05, 0.1) is 11.8 Å². The Balaban J connectivity index is 2.02. The van der Waals surface area contributed by atoms with Gasteiger partial charge in [-0.15, -0.1) is 0 Å². The van der Waals surface area contributed by atoms with Gasteiger partial charge < -0.3 is 9.84 Å². The first kappa shape index (κ1) is 24.2. The zero-order valence-electron chi connectivity index (χ0n) is 19.4. The molecule has 2 rings (SSSR count). The van der Waals surface area contributed by atoms with Crippen LogP contribution in [0.1, 0.15) is 105 Å². The predicted molar refractivity (Wildman–Crippen MR) is 117 cm³/mol. The second-order valence-corrected chi connectivity index (χ2v) is 11.3. The molecule has 0 radical (unpaired) electrons. The van der Waals surface area contributed by atoms with Crippen LogP contribution in [0, 0.1) is 35.0 Å². The third-order valence-electron chi connectivity index (χ3n) is 7.08. The maximum absolute atomic E-state index is 13.1. The van der Waals surface area contributed by atoms with Gasteiger partial charge in [-0.25, -0.2) is 0 Å². The molecule has 2 aliphatic rings. The number of carbonyl (C=O) groups excluding carboxylic acids is 1. The monoisotopic (exact) mass is 408 g/mol. The quantitative estimate of drug-likeness (QED) is 0.468. The second-order valence-electron chi connectivity index (χ2n) is 11.3. The number of ether oxygens (including phenoxy) is 1. The van der Waals surface area contributed by atoms with Gasteiger partial charge in [-0.3, -0.25) is 9.59 Å². The van der Waals surface area contributed by atoms with E-state index in [2.05, 4.69) is 34.6 Å². The van der Waals surface area contributed by atoms with Crippen molar-refractivity contribution in [2.45, 2.75) is 111 Å². The lowest BCUT2D eigenvalue weighted by molar-refractivity contribution is -0.167. The molecule has 0 amide bonds. The summed E-state index contributed by atoms with van der Waals surface area (Å²) in [5.41, 5.74) is 0.309. The van der Waals surface area contributed by atoms with E-state index in [0.29, 0.717) is 36.0 Å².